The monoisotopic (exact) mass is 353 g/mol. The fraction of sp³-hybridized carbons (Fsp3) is 0.222. The van der Waals surface area contributed by atoms with E-state index in [0.29, 0.717) is 18.2 Å². The standard InChI is InChI=1S/C18H19N5O3/c1-3-25-17-7-6-13(9-20-17)15-10-19-11-16(21-15)18(24)22-26-12-14-5-4-8-23(14)2/h4-11H,3,12H2,1-2H3,(H,22,24). The number of hydrogen-bond acceptors (Lipinski definition) is 6. The van der Waals surface area contributed by atoms with Crippen LogP contribution in [0.4, 0.5) is 0 Å². The van der Waals surface area contributed by atoms with Crippen LogP contribution in [0.2, 0.25) is 0 Å². The normalized spacial score (nSPS) is 10.5. The number of pyridine rings is 1. The lowest BCUT2D eigenvalue weighted by atomic mass is 10.2. The number of nitrogens with zero attached hydrogens (tertiary/aromatic N) is 4. The third-order valence-electron chi connectivity index (χ3n) is 3.63. The molecule has 1 N–H and O–H groups in total. The molecule has 0 atom stereocenters. The zero-order valence-electron chi connectivity index (χ0n) is 14.5. The Morgan fingerprint density at radius 3 is 2.81 bits per heavy atom. The number of rotatable bonds is 7. The van der Waals surface area contributed by atoms with E-state index in [1.807, 2.05) is 42.9 Å². The molecule has 3 aromatic heterocycles. The van der Waals surface area contributed by atoms with Gasteiger partial charge in [-0.3, -0.25) is 14.6 Å². The summed E-state index contributed by atoms with van der Waals surface area (Å²) in [5, 5.41) is 0. The second-order valence-electron chi connectivity index (χ2n) is 5.44. The van der Waals surface area contributed by atoms with E-state index in [1.165, 1.54) is 6.20 Å². The van der Waals surface area contributed by atoms with Gasteiger partial charge in [-0.15, -0.1) is 0 Å². The van der Waals surface area contributed by atoms with Crippen molar-refractivity contribution in [2.45, 2.75) is 13.5 Å². The first-order valence-corrected chi connectivity index (χ1v) is 8.11. The van der Waals surface area contributed by atoms with E-state index in [9.17, 15) is 4.79 Å². The van der Waals surface area contributed by atoms with E-state index in [2.05, 4.69) is 20.4 Å². The van der Waals surface area contributed by atoms with Crippen molar-refractivity contribution >= 4 is 5.91 Å². The Morgan fingerprint density at radius 2 is 2.12 bits per heavy atom. The predicted molar refractivity (Wildman–Crippen MR) is 94.1 cm³/mol. The van der Waals surface area contributed by atoms with Gasteiger partial charge in [0.2, 0.25) is 5.88 Å². The van der Waals surface area contributed by atoms with Gasteiger partial charge in [0.25, 0.3) is 5.91 Å². The van der Waals surface area contributed by atoms with E-state index in [1.54, 1.807) is 18.5 Å². The maximum Gasteiger partial charge on any atom is 0.295 e. The van der Waals surface area contributed by atoms with Crippen LogP contribution in [0.5, 0.6) is 5.88 Å². The molecule has 0 unspecified atom stereocenters. The molecule has 134 valence electrons. The van der Waals surface area contributed by atoms with Gasteiger partial charge in [0.1, 0.15) is 12.3 Å². The Morgan fingerprint density at radius 1 is 1.23 bits per heavy atom. The third-order valence-corrected chi connectivity index (χ3v) is 3.63. The zero-order valence-corrected chi connectivity index (χ0v) is 14.5. The minimum absolute atomic E-state index is 0.156. The average Bonchev–Trinajstić information content (AvgIpc) is 3.07. The lowest BCUT2D eigenvalue weighted by molar-refractivity contribution is 0.0210. The van der Waals surface area contributed by atoms with Crippen LogP contribution in [0.25, 0.3) is 11.3 Å². The van der Waals surface area contributed by atoms with Gasteiger partial charge in [-0.25, -0.2) is 15.4 Å². The number of aryl methyl sites for hydroxylation is 1. The second kappa shape index (κ2) is 8.21. The Bertz CT molecular complexity index is 877. The van der Waals surface area contributed by atoms with Crippen LogP contribution >= 0.6 is 0 Å². The lowest BCUT2D eigenvalue weighted by Crippen LogP contribution is -2.25. The molecule has 0 aliphatic rings. The highest BCUT2D eigenvalue weighted by Crippen LogP contribution is 2.17. The molecule has 0 fully saturated rings. The molecule has 0 radical (unpaired) electrons. The summed E-state index contributed by atoms with van der Waals surface area (Å²) in [5.74, 6) is 0.0691. The van der Waals surface area contributed by atoms with Gasteiger partial charge in [-0.1, -0.05) is 0 Å². The molecule has 26 heavy (non-hydrogen) atoms. The lowest BCUT2D eigenvalue weighted by Gasteiger charge is -2.07. The molecule has 0 bridgehead atoms. The van der Waals surface area contributed by atoms with Crippen molar-refractivity contribution in [1.29, 1.82) is 0 Å². The fourth-order valence-corrected chi connectivity index (χ4v) is 2.25. The van der Waals surface area contributed by atoms with Gasteiger partial charge in [-0.2, -0.15) is 0 Å². The molecular formula is C18H19N5O3. The maximum atomic E-state index is 12.2. The van der Waals surface area contributed by atoms with Crippen LogP contribution in [0.15, 0.2) is 49.1 Å². The minimum Gasteiger partial charge on any atom is -0.478 e. The molecular weight excluding hydrogens is 334 g/mol. The Labute approximate surface area is 150 Å². The van der Waals surface area contributed by atoms with Gasteiger partial charge < -0.3 is 9.30 Å². The average molecular weight is 353 g/mol. The van der Waals surface area contributed by atoms with Gasteiger partial charge >= 0.3 is 0 Å². The summed E-state index contributed by atoms with van der Waals surface area (Å²) in [6.07, 6.45) is 6.48. The number of carbonyl (C=O) groups is 1. The van der Waals surface area contributed by atoms with Crippen LogP contribution in [-0.4, -0.2) is 32.0 Å². The molecule has 3 rings (SSSR count). The molecule has 8 heteroatoms. The van der Waals surface area contributed by atoms with Crippen LogP contribution in [-0.2, 0) is 18.5 Å². The molecule has 0 saturated heterocycles. The Balaban J connectivity index is 1.64. The summed E-state index contributed by atoms with van der Waals surface area (Å²) in [6, 6.07) is 7.37. The molecule has 0 saturated carbocycles. The van der Waals surface area contributed by atoms with Crippen molar-refractivity contribution in [3.63, 3.8) is 0 Å². The highest BCUT2D eigenvalue weighted by atomic mass is 16.7. The van der Waals surface area contributed by atoms with Crippen LogP contribution < -0.4 is 10.2 Å². The molecule has 3 heterocycles. The summed E-state index contributed by atoms with van der Waals surface area (Å²) in [4.78, 5) is 30.0. The van der Waals surface area contributed by atoms with Crippen molar-refractivity contribution in [2.75, 3.05) is 6.61 Å². The number of amides is 1. The molecule has 0 aromatic carbocycles. The van der Waals surface area contributed by atoms with Gasteiger partial charge in [0, 0.05) is 36.8 Å². The number of nitrogens with one attached hydrogen (secondary N) is 1. The Hall–Kier alpha value is -3.26. The molecule has 8 nitrogen and oxygen atoms in total. The molecule has 0 aliphatic carbocycles. The molecule has 0 spiro atoms. The van der Waals surface area contributed by atoms with Crippen molar-refractivity contribution in [2.24, 2.45) is 7.05 Å². The maximum absolute atomic E-state index is 12.2. The summed E-state index contributed by atoms with van der Waals surface area (Å²) in [5.41, 5.74) is 4.74. The quantitative estimate of drug-likeness (QED) is 0.655. The van der Waals surface area contributed by atoms with E-state index >= 15 is 0 Å². The van der Waals surface area contributed by atoms with E-state index < -0.39 is 5.91 Å². The topological polar surface area (TPSA) is 91.2 Å². The first-order chi connectivity index (χ1) is 12.7. The van der Waals surface area contributed by atoms with Gasteiger partial charge in [0.05, 0.1) is 24.7 Å². The number of carbonyl (C=O) groups excluding carboxylic acids is 1. The second-order valence-corrected chi connectivity index (χ2v) is 5.44. The predicted octanol–water partition coefficient (Wildman–Crippen LogP) is 2.14. The summed E-state index contributed by atoms with van der Waals surface area (Å²) in [7, 11) is 1.90. The van der Waals surface area contributed by atoms with E-state index in [0.717, 1.165) is 11.3 Å². The largest absolute Gasteiger partial charge is 0.478 e. The van der Waals surface area contributed by atoms with Crippen molar-refractivity contribution < 1.29 is 14.4 Å². The zero-order chi connectivity index (χ0) is 18.4. The summed E-state index contributed by atoms with van der Waals surface area (Å²) in [6.45, 7) is 2.69. The molecule has 1 amide bonds. The van der Waals surface area contributed by atoms with Crippen molar-refractivity contribution in [1.82, 2.24) is 25.0 Å². The summed E-state index contributed by atoms with van der Waals surface area (Å²) < 4.78 is 7.22. The van der Waals surface area contributed by atoms with E-state index in [4.69, 9.17) is 9.57 Å². The van der Waals surface area contributed by atoms with E-state index in [-0.39, 0.29) is 12.3 Å². The van der Waals surface area contributed by atoms with Crippen LogP contribution in [0.1, 0.15) is 23.1 Å². The summed E-state index contributed by atoms with van der Waals surface area (Å²) >= 11 is 0. The first-order valence-electron chi connectivity index (χ1n) is 8.11. The van der Waals surface area contributed by atoms with Crippen LogP contribution in [0.3, 0.4) is 0 Å². The van der Waals surface area contributed by atoms with Crippen molar-refractivity contribution in [3.05, 3.63) is 60.4 Å². The number of ether oxygens (including phenoxy) is 1. The number of hydrogen-bond donors (Lipinski definition) is 1. The Kier molecular flexibility index (Phi) is 5.55. The smallest absolute Gasteiger partial charge is 0.295 e. The third kappa shape index (κ3) is 4.22. The minimum atomic E-state index is -0.465. The SMILES string of the molecule is CCOc1ccc(-c2cncc(C(=O)NOCc3cccn3C)n2)cn1. The van der Waals surface area contributed by atoms with Crippen LogP contribution in [0, 0.1) is 0 Å². The molecule has 3 aromatic rings. The number of hydroxylamine groups is 1. The van der Waals surface area contributed by atoms with Crippen molar-refractivity contribution in [3.8, 4) is 17.1 Å². The first kappa shape index (κ1) is 17.6. The van der Waals surface area contributed by atoms with Gasteiger partial charge in [-0.05, 0) is 25.1 Å². The molecule has 0 aliphatic heterocycles. The highest BCUT2D eigenvalue weighted by molar-refractivity contribution is 5.91. The fourth-order valence-electron chi connectivity index (χ4n) is 2.25. The highest BCUT2D eigenvalue weighted by Gasteiger charge is 2.11. The number of aromatic nitrogens is 4. The van der Waals surface area contributed by atoms with Gasteiger partial charge in [0.15, 0.2) is 0 Å².